The first-order valence-electron chi connectivity index (χ1n) is 8.57. The molecule has 0 rings (SSSR count). The topological polar surface area (TPSA) is 141 Å². The van der Waals surface area contributed by atoms with Crippen LogP contribution in [-0.2, 0) is 28.7 Å². The van der Waals surface area contributed by atoms with Crippen LogP contribution in [0.1, 0.15) is 77.6 Å². The first-order valence-corrected chi connectivity index (χ1v) is 10.0. The summed E-state index contributed by atoms with van der Waals surface area (Å²) in [5.41, 5.74) is 0. The first kappa shape index (κ1) is 32.0. The average Bonchev–Trinajstić information content (AvgIpc) is 2.50. The minimum Gasteiger partial charge on any atom is -0.550 e. The summed E-state index contributed by atoms with van der Waals surface area (Å²) in [4.78, 5) is 32.6. The van der Waals surface area contributed by atoms with Gasteiger partial charge in [0.1, 0.15) is 5.25 Å². The molecule has 0 saturated heterocycles. The molecule has 1 unspecified atom stereocenters. The molecule has 27 heavy (non-hydrogen) atoms. The van der Waals surface area contributed by atoms with Crippen molar-refractivity contribution >= 4 is 28.0 Å². The Kier molecular flexibility index (Phi) is 21.8. The van der Waals surface area contributed by atoms with E-state index in [1.807, 2.05) is 0 Å². The van der Waals surface area contributed by atoms with E-state index in [0.29, 0.717) is 6.42 Å². The zero-order chi connectivity index (χ0) is 19.3. The van der Waals surface area contributed by atoms with Crippen molar-refractivity contribution in [2.45, 2.75) is 82.8 Å². The van der Waals surface area contributed by atoms with Crippen LogP contribution >= 0.6 is 0 Å². The number of carbonyl (C=O) groups is 3. The van der Waals surface area contributed by atoms with E-state index in [1.54, 1.807) is 0 Å². The van der Waals surface area contributed by atoms with Gasteiger partial charge in [-0.25, -0.2) is 0 Å². The van der Waals surface area contributed by atoms with E-state index < -0.39 is 39.7 Å². The molecule has 0 aliphatic heterocycles. The van der Waals surface area contributed by atoms with E-state index in [9.17, 15) is 33.0 Å². The fourth-order valence-corrected chi connectivity index (χ4v) is 3.30. The molecule has 1 atom stereocenters. The molecule has 11 heteroatoms. The molecule has 146 valence electrons. The zero-order valence-electron chi connectivity index (χ0n) is 16.5. The summed E-state index contributed by atoms with van der Waals surface area (Å²) in [6, 6.07) is 0. The Hall–Kier alpha value is 0.360. The number of rotatable bonds is 15. The van der Waals surface area contributed by atoms with Gasteiger partial charge in [0, 0.05) is 18.8 Å². The molecule has 0 bridgehead atoms. The summed E-state index contributed by atoms with van der Waals surface area (Å²) in [5, 5.41) is 18.6. The number of carboxylic acids is 2. The van der Waals surface area contributed by atoms with Crippen LogP contribution in [-0.4, -0.2) is 31.6 Å². The van der Waals surface area contributed by atoms with E-state index in [4.69, 9.17) is 0 Å². The smallest absolute Gasteiger partial charge is 0.550 e. The molecule has 0 spiro atoms. The van der Waals surface area contributed by atoms with Gasteiger partial charge in [0.25, 0.3) is 0 Å². The van der Waals surface area contributed by atoms with E-state index in [0.717, 1.165) is 25.7 Å². The second kappa shape index (κ2) is 18.4. The molecular formula is C16H26Na2O8S. The van der Waals surface area contributed by atoms with Gasteiger partial charge in [-0.05, 0) is 6.42 Å². The number of carboxylic acid groups (broad SMARTS) is 2. The Balaban J connectivity index is -0.00000288. The first-order chi connectivity index (χ1) is 11.7. The van der Waals surface area contributed by atoms with Crippen LogP contribution in [0, 0.1) is 0 Å². The largest absolute Gasteiger partial charge is 1.00 e. The molecule has 0 aliphatic rings. The molecule has 0 aliphatic carbocycles. The normalized spacial score (nSPS) is 11.6. The summed E-state index contributed by atoms with van der Waals surface area (Å²) in [7, 11) is -4.91. The summed E-state index contributed by atoms with van der Waals surface area (Å²) in [5.74, 6) is -5.15. The fourth-order valence-electron chi connectivity index (χ4n) is 2.26. The average molecular weight is 424 g/mol. The fraction of sp³-hybridized carbons (Fsp3) is 0.812. The summed E-state index contributed by atoms with van der Waals surface area (Å²) in [6.07, 6.45) is 7.51. The summed E-state index contributed by atoms with van der Waals surface area (Å²) >= 11 is 0. The van der Waals surface area contributed by atoms with Crippen LogP contribution in [0.4, 0.5) is 0 Å². The predicted octanol–water partition coefficient (Wildman–Crippen LogP) is -5.95. The Morgan fingerprint density at radius 2 is 1.30 bits per heavy atom. The number of aliphatic carboxylic acids is 2. The van der Waals surface area contributed by atoms with Gasteiger partial charge in [-0.15, -0.1) is 0 Å². The van der Waals surface area contributed by atoms with Crippen molar-refractivity contribution in [2.24, 2.45) is 0 Å². The number of unbranched alkanes of at least 4 members (excludes halogenated alkanes) is 8. The Labute approximate surface area is 205 Å². The van der Waals surface area contributed by atoms with Crippen LogP contribution in [0.15, 0.2) is 0 Å². The minimum absolute atomic E-state index is 0. The second-order valence-electron chi connectivity index (χ2n) is 5.91. The molecular weight excluding hydrogens is 398 g/mol. The molecule has 0 radical (unpaired) electrons. The molecule has 0 saturated carbocycles. The molecule has 0 aromatic rings. The number of carbonyl (C=O) groups excluding carboxylic acids is 3. The summed E-state index contributed by atoms with van der Waals surface area (Å²) in [6.45, 7) is 2.15. The molecule has 0 N–H and O–H groups in total. The second-order valence-corrected chi connectivity index (χ2v) is 7.63. The number of hydrogen-bond donors (Lipinski definition) is 0. The van der Waals surface area contributed by atoms with Crippen LogP contribution in [0.3, 0.4) is 0 Å². The molecule has 0 fully saturated rings. The van der Waals surface area contributed by atoms with E-state index >= 15 is 0 Å². The Bertz CT molecular complexity index is 537. The van der Waals surface area contributed by atoms with Crippen molar-refractivity contribution in [3.8, 4) is 0 Å². The van der Waals surface area contributed by atoms with Crippen LogP contribution < -0.4 is 69.3 Å². The maximum Gasteiger partial charge on any atom is 1.00 e. The molecule has 0 heterocycles. The number of hydrogen-bond acceptors (Lipinski definition) is 8. The van der Waals surface area contributed by atoms with Gasteiger partial charge in [-0.3, -0.25) is 4.79 Å². The van der Waals surface area contributed by atoms with E-state index in [-0.39, 0.29) is 65.5 Å². The quantitative estimate of drug-likeness (QED) is 0.144. The molecule has 0 aromatic heterocycles. The maximum absolute atomic E-state index is 11.6. The Morgan fingerprint density at radius 3 is 1.70 bits per heavy atom. The molecule has 0 amide bonds. The van der Waals surface area contributed by atoms with Gasteiger partial charge < -0.3 is 24.0 Å². The SMILES string of the molecule is CCCCCCCCCCCC(=O)OS(=O)(=O)C(CC(=O)[O-])C(=O)[O-].[Na+].[Na+]. The standard InChI is InChI=1S/C16H28O8S.2Na/c1-2-3-4-5-6-7-8-9-10-11-15(19)24-25(22,23)13(16(20)21)12-14(17)18;;/h13H,2-12H2,1H3,(H,17,18)(H,20,21);;/q;2*+1/p-2. The van der Waals surface area contributed by atoms with Crippen molar-refractivity contribution in [3.63, 3.8) is 0 Å². The van der Waals surface area contributed by atoms with E-state index in [2.05, 4.69) is 11.1 Å². The van der Waals surface area contributed by atoms with Gasteiger partial charge in [0.2, 0.25) is 0 Å². The van der Waals surface area contributed by atoms with Gasteiger partial charge in [0.05, 0.1) is 5.97 Å². The maximum atomic E-state index is 11.6. The van der Waals surface area contributed by atoms with Gasteiger partial charge >= 0.3 is 75.2 Å². The third-order valence-electron chi connectivity index (χ3n) is 3.66. The van der Waals surface area contributed by atoms with Crippen molar-refractivity contribution < 1.29 is 96.3 Å². The third-order valence-corrected chi connectivity index (χ3v) is 5.13. The van der Waals surface area contributed by atoms with Crippen LogP contribution in [0.2, 0.25) is 0 Å². The third kappa shape index (κ3) is 17.0. The zero-order valence-corrected chi connectivity index (χ0v) is 21.3. The monoisotopic (exact) mass is 424 g/mol. The van der Waals surface area contributed by atoms with Crippen LogP contribution in [0.25, 0.3) is 0 Å². The van der Waals surface area contributed by atoms with Crippen molar-refractivity contribution in [3.05, 3.63) is 0 Å². The predicted molar refractivity (Wildman–Crippen MR) is 85.3 cm³/mol. The minimum atomic E-state index is -4.91. The van der Waals surface area contributed by atoms with Crippen molar-refractivity contribution in [1.29, 1.82) is 0 Å². The molecule has 0 aromatic carbocycles. The van der Waals surface area contributed by atoms with Crippen LogP contribution in [0.5, 0.6) is 0 Å². The van der Waals surface area contributed by atoms with Gasteiger partial charge in [-0.2, -0.15) is 8.42 Å². The Morgan fingerprint density at radius 1 is 0.852 bits per heavy atom. The molecule has 8 nitrogen and oxygen atoms in total. The van der Waals surface area contributed by atoms with Crippen molar-refractivity contribution in [2.75, 3.05) is 0 Å². The van der Waals surface area contributed by atoms with Crippen molar-refractivity contribution in [1.82, 2.24) is 0 Å². The summed E-state index contributed by atoms with van der Waals surface area (Å²) < 4.78 is 27.4. The van der Waals surface area contributed by atoms with Gasteiger partial charge in [-0.1, -0.05) is 58.3 Å². The van der Waals surface area contributed by atoms with E-state index in [1.165, 1.54) is 25.7 Å². The van der Waals surface area contributed by atoms with Gasteiger partial charge in [0.15, 0.2) is 0 Å².